The Labute approximate surface area is 96.4 Å². The van der Waals surface area contributed by atoms with E-state index in [1.165, 1.54) is 5.56 Å². The number of nitrogens with zero attached hydrogens (tertiary/aromatic N) is 1. The van der Waals surface area contributed by atoms with E-state index in [9.17, 15) is 0 Å². The van der Waals surface area contributed by atoms with Crippen molar-refractivity contribution in [3.8, 4) is 0 Å². The molecule has 0 saturated heterocycles. The van der Waals surface area contributed by atoms with Gasteiger partial charge >= 0.3 is 0 Å². The maximum Gasteiger partial charge on any atom is 0.145 e. The van der Waals surface area contributed by atoms with Crippen molar-refractivity contribution in [2.45, 2.75) is 13.0 Å². The van der Waals surface area contributed by atoms with Crippen LogP contribution in [-0.2, 0) is 13.0 Å². The van der Waals surface area contributed by atoms with Crippen LogP contribution < -0.4 is 5.73 Å². The first-order valence-corrected chi connectivity index (χ1v) is 5.46. The molecule has 0 amide bonds. The van der Waals surface area contributed by atoms with Crippen LogP contribution in [0.5, 0.6) is 0 Å². The van der Waals surface area contributed by atoms with E-state index in [2.05, 4.69) is 27.2 Å². The van der Waals surface area contributed by atoms with E-state index in [1.807, 2.05) is 18.2 Å². The van der Waals surface area contributed by atoms with Gasteiger partial charge in [-0.15, -0.1) is 0 Å². The number of halogens is 1. The van der Waals surface area contributed by atoms with E-state index >= 15 is 0 Å². The second-order valence-corrected chi connectivity index (χ2v) is 4.20. The molecule has 2 rings (SSSR count). The fraction of sp³-hybridized carbons (Fsp3) is 0.182. The average Bonchev–Trinajstić information content (AvgIpc) is 2.65. The second-order valence-electron chi connectivity index (χ2n) is 3.29. The molecule has 1 aromatic heterocycles. The number of hydrogen-bond donors (Lipinski definition) is 1. The Morgan fingerprint density at radius 2 is 2.27 bits per heavy atom. The van der Waals surface area contributed by atoms with Crippen LogP contribution in [0.4, 0.5) is 0 Å². The summed E-state index contributed by atoms with van der Waals surface area (Å²) >= 11 is 3.43. The molecule has 15 heavy (non-hydrogen) atoms. The summed E-state index contributed by atoms with van der Waals surface area (Å²) < 4.78 is 6.22. The molecule has 0 unspecified atom stereocenters. The van der Waals surface area contributed by atoms with Gasteiger partial charge in [0.1, 0.15) is 5.76 Å². The Balaban J connectivity index is 2.22. The highest BCUT2D eigenvalue weighted by Crippen LogP contribution is 2.17. The van der Waals surface area contributed by atoms with Crippen molar-refractivity contribution in [1.29, 1.82) is 0 Å². The van der Waals surface area contributed by atoms with Crippen molar-refractivity contribution in [2.24, 2.45) is 5.73 Å². The van der Waals surface area contributed by atoms with Crippen molar-refractivity contribution in [1.82, 2.24) is 5.16 Å². The normalized spacial score (nSPS) is 10.5. The molecule has 1 aromatic carbocycles. The molecule has 2 N–H and O–H groups in total. The molecule has 1 heterocycles. The van der Waals surface area contributed by atoms with E-state index in [-0.39, 0.29) is 0 Å². The van der Waals surface area contributed by atoms with E-state index < -0.39 is 0 Å². The molecule has 0 fully saturated rings. The minimum Gasteiger partial charge on any atom is -0.361 e. The molecular weight excluding hydrogens is 256 g/mol. The van der Waals surface area contributed by atoms with Gasteiger partial charge in [-0.05, 0) is 17.7 Å². The first-order chi connectivity index (χ1) is 7.29. The third kappa shape index (κ3) is 2.46. The van der Waals surface area contributed by atoms with Crippen LogP contribution in [0.1, 0.15) is 16.9 Å². The lowest BCUT2D eigenvalue weighted by molar-refractivity contribution is 0.388. The summed E-state index contributed by atoms with van der Waals surface area (Å²) in [5.41, 5.74) is 7.71. The Morgan fingerprint density at radius 1 is 1.40 bits per heavy atom. The number of benzene rings is 1. The van der Waals surface area contributed by atoms with Crippen molar-refractivity contribution >= 4 is 15.9 Å². The highest BCUT2D eigenvalue weighted by atomic mass is 79.9. The zero-order chi connectivity index (χ0) is 10.7. The zero-order valence-electron chi connectivity index (χ0n) is 8.11. The van der Waals surface area contributed by atoms with Gasteiger partial charge in [-0.3, -0.25) is 0 Å². The lowest BCUT2D eigenvalue weighted by Gasteiger charge is -2.00. The van der Waals surface area contributed by atoms with Gasteiger partial charge in [-0.2, -0.15) is 0 Å². The Kier molecular flexibility index (Phi) is 3.18. The zero-order valence-corrected chi connectivity index (χ0v) is 9.70. The monoisotopic (exact) mass is 266 g/mol. The Hall–Kier alpha value is -1.13. The van der Waals surface area contributed by atoms with Crippen molar-refractivity contribution in [3.63, 3.8) is 0 Å². The van der Waals surface area contributed by atoms with Crippen molar-refractivity contribution in [2.75, 3.05) is 0 Å². The molecule has 4 heteroatoms. The van der Waals surface area contributed by atoms with Gasteiger partial charge in [0.05, 0.1) is 6.20 Å². The second kappa shape index (κ2) is 4.59. The van der Waals surface area contributed by atoms with Crippen molar-refractivity contribution in [3.05, 3.63) is 51.8 Å². The fourth-order valence-electron chi connectivity index (χ4n) is 1.43. The summed E-state index contributed by atoms with van der Waals surface area (Å²) in [4.78, 5) is 0. The van der Waals surface area contributed by atoms with Crippen LogP contribution in [0, 0.1) is 0 Å². The van der Waals surface area contributed by atoms with Crippen molar-refractivity contribution < 1.29 is 4.52 Å². The topological polar surface area (TPSA) is 52.0 Å². The van der Waals surface area contributed by atoms with Gasteiger partial charge in [-0.1, -0.05) is 33.2 Å². The Bertz CT molecular complexity index is 453. The van der Waals surface area contributed by atoms with Gasteiger partial charge in [0, 0.05) is 23.0 Å². The fourth-order valence-corrected chi connectivity index (χ4v) is 1.88. The van der Waals surface area contributed by atoms with Gasteiger partial charge in [0.15, 0.2) is 0 Å². The molecule has 0 atom stereocenters. The molecule has 0 aliphatic heterocycles. The van der Waals surface area contributed by atoms with Crippen LogP contribution in [0.15, 0.2) is 39.5 Å². The summed E-state index contributed by atoms with van der Waals surface area (Å²) in [6.45, 7) is 0.465. The maximum absolute atomic E-state index is 5.57. The van der Waals surface area contributed by atoms with E-state index in [1.54, 1.807) is 6.20 Å². The summed E-state index contributed by atoms with van der Waals surface area (Å²) in [7, 11) is 0. The number of aromatic nitrogens is 1. The molecule has 0 saturated carbocycles. The maximum atomic E-state index is 5.57. The molecule has 0 aliphatic rings. The SMILES string of the molecule is NCc1cnoc1Cc1cccc(Br)c1. The van der Waals surface area contributed by atoms with Crippen LogP contribution in [0.25, 0.3) is 0 Å². The molecule has 3 nitrogen and oxygen atoms in total. The Morgan fingerprint density at radius 3 is 3.00 bits per heavy atom. The van der Waals surface area contributed by atoms with Crippen LogP contribution >= 0.6 is 15.9 Å². The summed E-state index contributed by atoms with van der Waals surface area (Å²) in [6.07, 6.45) is 2.40. The minimum absolute atomic E-state index is 0.465. The molecule has 0 bridgehead atoms. The first-order valence-electron chi connectivity index (χ1n) is 4.66. The number of hydrogen-bond acceptors (Lipinski definition) is 3. The first kappa shape index (κ1) is 10.4. The summed E-state index contributed by atoms with van der Waals surface area (Å²) in [5.74, 6) is 0.843. The van der Waals surface area contributed by atoms with E-state index in [0.717, 1.165) is 22.2 Å². The highest BCUT2D eigenvalue weighted by Gasteiger charge is 2.07. The van der Waals surface area contributed by atoms with Gasteiger partial charge < -0.3 is 10.3 Å². The predicted molar refractivity (Wildman–Crippen MR) is 61.3 cm³/mol. The lowest BCUT2D eigenvalue weighted by Crippen LogP contribution is -1.98. The van der Waals surface area contributed by atoms with Crippen LogP contribution in [-0.4, -0.2) is 5.16 Å². The average molecular weight is 267 g/mol. The van der Waals surface area contributed by atoms with Crippen LogP contribution in [0.2, 0.25) is 0 Å². The minimum atomic E-state index is 0.465. The summed E-state index contributed by atoms with van der Waals surface area (Å²) in [5, 5.41) is 3.74. The molecule has 78 valence electrons. The standard InChI is InChI=1S/C11H11BrN2O/c12-10-3-1-2-8(4-10)5-11-9(6-13)7-14-15-11/h1-4,7H,5-6,13H2. The molecule has 0 radical (unpaired) electrons. The van der Waals surface area contributed by atoms with Gasteiger partial charge in [0.25, 0.3) is 0 Å². The molecule has 0 spiro atoms. The third-order valence-electron chi connectivity index (χ3n) is 2.20. The van der Waals surface area contributed by atoms with E-state index in [0.29, 0.717) is 6.54 Å². The smallest absolute Gasteiger partial charge is 0.145 e. The van der Waals surface area contributed by atoms with Gasteiger partial charge in [-0.25, -0.2) is 0 Å². The summed E-state index contributed by atoms with van der Waals surface area (Å²) in [6, 6.07) is 8.10. The quantitative estimate of drug-likeness (QED) is 0.929. The number of nitrogens with two attached hydrogens (primary N) is 1. The lowest BCUT2D eigenvalue weighted by atomic mass is 10.1. The largest absolute Gasteiger partial charge is 0.361 e. The molecular formula is C11H11BrN2O. The third-order valence-corrected chi connectivity index (χ3v) is 2.70. The van der Waals surface area contributed by atoms with Gasteiger partial charge in [0.2, 0.25) is 0 Å². The highest BCUT2D eigenvalue weighted by molar-refractivity contribution is 9.10. The number of rotatable bonds is 3. The van der Waals surface area contributed by atoms with Crippen LogP contribution in [0.3, 0.4) is 0 Å². The van der Waals surface area contributed by atoms with E-state index in [4.69, 9.17) is 10.3 Å². The predicted octanol–water partition coefficient (Wildman–Crippen LogP) is 2.49. The molecule has 0 aliphatic carbocycles. The molecule has 2 aromatic rings.